The molecule has 0 atom stereocenters. The van der Waals surface area contributed by atoms with Crippen molar-refractivity contribution in [1.29, 1.82) is 0 Å². The lowest BCUT2D eigenvalue weighted by Crippen LogP contribution is -2.55. The van der Waals surface area contributed by atoms with E-state index in [0.29, 0.717) is 12.8 Å². The number of hydrogen-bond acceptors (Lipinski definition) is 4. The van der Waals surface area contributed by atoms with Gasteiger partial charge in [-0.3, -0.25) is 14.3 Å². The molecular weight excluding hydrogens is 342 g/mol. The van der Waals surface area contributed by atoms with Crippen molar-refractivity contribution in [2.45, 2.75) is 39.2 Å². The molecule has 1 aromatic heterocycles. The monoisotopic (exact) mass is 369 g/mol. The molecule has 2 heterocycles. The number of piperidine rings is 1. The first-order valence-electron chi connectivity index (χ1n) is 9.29. The Morgan fingerprint density at radius 1 is 1.19 bits per heavy atom. The molecule has 0 unspecified atom stereocenters. The van der Waals surface area contributed by atoms with Crippen LogP contribution >= 0.6 is 0 Å². The standard InChI is InChI=1S/C20H27N5O2/c1-14-11-15(2)18(16(3)12-14)24-17(26)13-22-19(27)20(5-8-21-9-6-20)25-10-4-7-23-25/h4,7,10-12,21H,5-6,8-9,13H2,1-3H3,(H,22,27)(H,24,26). The second kappa shape index (κ2) is 7.92. The maximum Gasteiger partial charge on any atom is 0.248 e. The van der Waals surface area contributed by atoms with Crippen molar-refractivity contribution in [2.75, 3.05) is 25.0 Å². The van der Waals surface area contributed by atoms with Crippen molar-refractivity contribution in [3.63, 3.8) is 0 Å². The molecule has 7 nitrogen and oxygen atoms in total. The van der Waals surface area contributed by atoms with Gasteiger partial charge in [-0.25, -0.2) is 0 Å². The molecule has 0 spiro atoms. The summed E-state index contributed by atoms with van der Waals surface area (Å²) in [5.74, 6) is -0.400. The van der Waals surface area contributed by atoms with Crippen LogP contribution in [0.3, 0.4) is 0 Å². The van der Waals surface area contributed by atoms with Crippen LogP contribution in [0, 0.1) is 20.8 Å². The molecule has 0 saturated carbocycles. The van der Waals surface area contributed by atoms with Crippen molar-refractivity contribution in [3.8, 4) is 0 Å². The van der Waals surface area contributed by atoms with Crippen LogP contribution in [0.25, 0.3) is 0 Å². The Bertz CT molecular complexity index is 800. The van der Waals surface area contributed by atoms with Gasteiger partial charge in [0.05, 0.1) is 6.54 Å². The van der Waals surface area contributed by atoms with Gasteiger partial charge < -0.3 is 16.0 Å². The number of anilines is 1. The van der Waals surface area contributed by atoms with Crippen LogP contribution in [-0.4, -0.2) is 41.2 Å². The first kappa shape index (κ1) is 19.1. The summed E-state index contributed by atoms with van der Waals surface area (Å²) in [4.78, 5) is 25.4. The fourth-order valence-corrected chi connectivity index (χ4v) is 3.81. The van der Waals surface area contributed by atoms with Crippen molar-refractivity contribution in [3.05, 3.63) is 47.3 Å². The SMILES string of the molecule is Cc1cc(C)c(NC(=O)CNC(=O)C2(n3cccn3)CCNCC2)c(C)c1. The molecule has 1 aromatic carbocycles. The third-order valence-electron chi connectivity index (χ3n) is 5.15. The highest BCUT2D eigenvalue weighted by atomic mass is 16.2. The lowest BCUT2D eigenvalue weighted by molar-refractivity contribution is -0.133. The zero-order valence-corrected chi connectivity index (χ0v) is 16.1. The summed E-state index contributed by atoms with van der Waals surface area (Å²) in [6, 6.07) is 5.87. The molecule has 0 radical (unpaired) electrons. The second-order valence-electron chi connectivity index (χ2n) is 7.24. The van der Waals surface area contributed by atoms with Gasteiger partial charge in [0.1, 0.15) is 5.54 Å². The zero-order valence-electron chi connectivity index (χ0n) is 16.1. The van der Waals surface area contributed by atoms with Crippen molar-refractivity contribution >= 4 is 17.5 Å². The van der Waals surface area contributed by atoms with Crippen LogP contribution in [0.15, 0.2) is 30.6 Å². The van der Waals surface area contributed by atoms with Crippen LogP contribution in [0.2, 0.25) is 0 Å². The molecule has 1 aliphatic rings. The van der Waals surface area contributed by atoms with Crippen LogP contribution in [0.1, 0.15) is 29.5 Å². The number of carbonyl (C=O) groups is 2. The van der Waals surface area contributed by atoms with Crippen LogP contribution < -0.4 is 16.0 Å². The molecule has 1 saturated heterocycles. The predicted octanol–water partition coefficient (Wildman–Crippen LogP) is 1.64. The van der Waals surface area contributed by atoms with Crippen LogP contribution in [0.5, 0.6) is 0 Å². The third kappa shape index (κ3) is 4.03. The molecule has 1 fully saturated rings. The highest BCUT2D eigenvalue weighted by molar-refractivity contribution is 5.96. The van der Waals surface area contributed by atoms with E-state index < -0.39 is 5.54 Å². The van der Waals surface area contributed by atoms with E-state index >= 15 is 0 Å². The van der Waals surface area contributed by atoms with Gasteiger partial charge in [-0.15, -0.1) is 0 Å². The maximum absolute atomic E-state index is 13.0. The summed E-state index contributed by atoms with van der Waals surface area (Å²) >= 11 is 0. The Morgan fingerprint density at radius 2 is 1.85 bits per heavy atom. The number of rotatable bonds is 5. The minimum absolute atomic E-state index is 0.0674. The largest absolute Gasteiger partial charge is 0.345 e. The van der Waals surface area contributed by atoms with E-state index in [1.165, 1.54) is 0 Å². The van der Waals surface area contributed by atoms with E-state index in [1.54, 1.807) is 10.9 Å². The number of carbonyl (C=O) groups excluding carboxylic acids is 2. The Kier molecular flexibility index (Phi) is 5.60. The van der Waals surface area contributed by atoms with E-state index in [-0.39, 0.29) is 18.4 Å². The summed E-state index contributed by atoms with van der Waals surface area (Å²) in [7, 11) is 0. The maximum atomic E-state index is 13.0. The summed E-state index contributed by atoms with van der Waals surface area (Å²) in [6.45, 7) is 7.37. The van der Waals surface area contributed by atoms with Gasteiger partial charge in [0.25, 0.3) is 0 Å². The molecule has 2 amide bonds. The highest BCUT2D eigenvalue weighted by Crippen LogP contribution is 2.27. The molecule has 2 aromatic rings. The molecule has 1 aliphatic heterocycles. The number of aryl methyl sites for hydroxylation is 3. The summed E-state index contributed by atoms with van der Waals surface area (Å²) < 4.78 is 1.72. The van der Waals surface area contributed by atoms with E-state index in [0.717, 1.165) is 35.5 Å². The lowest BCUT2D eigenvalue weighted by Gasteiger charge is -2.36. The average molecular weight is 369 g/mol. The normalized spacial score (nSPS) is 16.0. The lowest BCUT2D eigenvalue weighted by atomic mass is 9.87. The Morgan fingerprint density at radius 3 is 2.44 bits per heavy atom. The summed E-state index contributed by atoms with van der Waals surface area (Å²) in [6.07, 6.45) is 4.76. The number of nitrogens with zero attached hydrogens (tertiary/aromatic N) is 2. The minimum atomic E-state index is -0.745. The van der Waals surface area contributed by atoms with Gasteiger partial charge in [-0.05, 0) is 63.9 Å². The van der Waals surface area contributed by atoms with E-state index in [1.807, 2.05) is 45.2 Å². The molecule has 0 bridgehead atoms. The molecule has 0 aliphatic carbocycles. The smallest absolute Gasteiger partial charge is 0.248 e. The summed E-state index contributed by atoms with van der Waals surface area (Å²) in [5.41, 5.74) is 3.24. The van der Waals surface area contributed by atoms with E-state index in [9.17, 15) is 9.59 Å². The van der Waals surface area contributed by atoms with Gasteiger partial charge in [0.15, 0.2) is 0 Å². The zero-order chi connectivity index (χ0) is 19.4. The third-order valence-corrected chi connectivity index (χ3v) is 5.15. The number of hydrogen-bond donors (Lipinski definition) is 3. The van der Waals surface area contributed by atoms with Crippen molar-refractivity contribution in [2.24, 2.45) is 0 Å². The fraction of sp³-hybridized carbons (Fsp3) is 0.450. The minimum Gasteiger partial charge on any atom is -0.345 e. The van der Waals surface area contributed by atoms with E-state index in [4.69, 9.17) is 0 Å². The van der Waals surface area contributed by atoms with Crippen molar-refractivity contribution < 1.29 is 9.59 Å². The topological polar surface area (TPSA) is 88.1 Å². The molecule has 7 heteroatoms. The van der Waals surface area contributed by atoms with Gasteiger partial charge in [-0.1, -0.05) is 17.7 Å². The Balaban J connectivity index is 1.67. The van der Waals surface area contributed by atoms with Crippen molar-refractivity contribution in [1.82, 2.24) is 20.4 Å². The molecule has 27 heavy (non-hydrogen) atoms. The van der Waals surface area contributed by atoms with Crippen LogP contribution in [-0.2, 0) is 15.1 Å². The molecular formula is C20H27N5O2. The highest BCUT2D eigenvalue weighted by Gasteiger charge is 2.41. The predicted molar refractivity (Wildman–Crippen MR) is 105 cm³/mol. The Hall–Kier alpha value is -2.67. The number of amides is 2. The Labute approximate surface area is 159 Å². The number of aromatic nitrogens is 2. The van der Waals surface area contributed by atoms with Gasteiger partial charge >= 0.3 is 0 Å². The summed E-state index contributed by atoms with van der Waals surface area (Å²) in [5, 5.41) is 13.3. The molecule has 3 N–H and O–H groups in total. The second-order valence-corrected chi connectivity index (χ2v) is 7.24. The first-order valence-corrected chi connectivity index (χ1v) is 9.29. The fourth-order valence-electron chi connectivity index (χ4n) is 3.81. The molecule has 144 valence electrons. The van der Waals surface area contributed by atoms with Gasteiger partial charge in [0.2, 0.25) is 11.8 Å². The van der Waals surface area contributed by atoms with E-state index in [2.05, 4.69) is 21.0 Å². The van der Waals surface area contributed by atoms with Gasteiger partial charge in [-0.2, -0.15) is 5.10 Å². The average Bonchev–Trinajstić information content (AvgIpc) is 3.18. The molecule has 3 rings (SSSR count). The van der Waals surface area contributed by atoms with Gasteiger partial charge in [0, 0.05) is 18.1 Å². The first-order chi connectivity index (χ1) is 12.9. The quantitative estimate of drug-likeness (QED) is 0.748. The van der Waals surface area contributed by atoms with Crippen LogP contribution in [0.4, 0.5) is 5.69 Å². The number of benzene rings is 1. The number of nitrogens with one attached hydrogen (secondary N) is 3.